The maximum atomic E-state index is 13.3. The van der Waals surface area contributed by atoms with Crippen molar-refractivity contribution >= 4 is 5.82 Å². The Morgan fingerprint density at radius 3 is 2.61 bits per heavy atom. The number of halogens is 4. The maximum Gasteiger partial charge on any atom is 0.420 e. The molecule has 0 N–H and O–H groups in total. The van der Waals surface area contributed by atoms with E-state index >= 15 is 0 Å². The average molecular weight is 396 g/mol. The van der Waals surface area contributed by atoms with E-state index < -0.39 is 23.3 Å². The minimum atomic E-state index is -4.74. The van der Waals surface area contributed by atoms with Crippen molar-refractivity contribution in [1.29, 1.82) is 0 Å². The number of hydrogen-bond donors (Lipinski definition) is 0. The van der Waals surface area contributed by atoms with Gasteiger partial charge in [0.2, 0.25) is 0 Å². The molecule has 0 saturated carbocycles. The smallest absolute Gasteiger partial charge is 0.420 e. The molecule has 2 aliphatic heterocycles. The highest BCUT2D eigenvalue weighted by atomic mass is 19.4. The third-order valence-electron chi connectivity index (χ3n) is 5.49. The van der Waals surface area contributed by atoms with Gasteiger partial charge in [-0.15, -0.1) is 0 Å². The number of ether oxygens (including phenoxy) is 1. The molecule has 1 spiro atoms. The summed E-state index contributed by atoms with van der Waals surface area (Å²) in [5, 5.41) is 0. The second-order valence-electron chi connectivity index (χ2n) is 7.61. The Bertz CT molecular complexity index is 875. The predicted molar refractivity (Wildman–Crippen MR) is 94.9 cm³/mol. The van der Waals surface area contributed by atoms with Crippen LogP contribution in [0.3, 0.4) is 0 Å². The van der Waals surface area contributed by atoms with Gasteiger partial charge in [0.15, 0.2) is 11.6 Å². The summed E-state index contributed by atoms with van der Waals surface area (Å²) in [6, 6.07) is 2.34. The molecule has 1 atom stereocenters. The number of hydrogen-bond acceptors (Lipinski definition) is 5. The summed E-state index contributed by atoms with van der Waals surface area (Å²) in [5.74, 6) is -0.864. The minimum Gasteiger partial charge on any atom is -0.451 e. The zero-order chi connectivity index (χ0) is 19.9. The first-order valence-corrected chi connectivity index (χ1v) is 9.04. The van der Waals surface area contributed by atoms with Crippen molar-refractivity contribution in [3.05, 3.63) is 42.1 Å². The van der Waals surface area contributed by atoms with Crippen molar-refractivity contribution in [3.63, 3.8) is 0 Å². The fourth-order valence-electron chi connectivity index (χ4n) is 4.16. The highest BCUT2D eigenvalue weighted by Crippen LogP contribution is 2.44. The van der Waals surface area contributed by atoms with Crippen LogP contribution in [0, 0.1) is 11.2 Å². The summed E-state index contributed by atoms with van der Waals surface area (Å²) >= 11 is 0. The molecule has 2 aromatic rings. The third-order valence-corrected chi connectivity index (χ3v) is 5.49. The molecule has 1 unspecified atom stereocenters. The fraction of sp³-hybridized carbons (Fsp3) is 0.474. The molecular weight excluding hydrogens is 376 g/mol. The maximum absolute atomic E-state index is 13.3. The molecule has 0 amide bonds. The van der Waals surface area contributed by atoms with Crippen molar-refractivity contribution in [2.24, 2.45) is 5.41 Å². The van der Waals surface area contributed by atoms with Gasteiger partial charge in [0.1, 0.15) is 23.5 Å². The Morgan fingerprint density at radius 1 is 1.11 bits per heavy atom. The summed E-state index contributed by atoms with van der Waals surface area (Å²) in [5.41, 5.74) is -0.998. The van der Waals surface area contributed by atoms with E-state index in [2.05, 4.69) is 21.9 Å². The zero-order valence-corrected chi connectivity index (χ0v) is 15.3. The summed E-state index contributed by atoms with van der Waals surface area (Å²) < 4.78 is 58.7. The molecule has 2 aliphatic rings. The molecule has 5 nitrogen and oxygen atoms in total. The summed E-state index contributed by atoms with van der Waals surface area (Å²) in [6.07, 6.45) is 0.0306. The van der Waals surface area contributed by atoms with Crippen molar-refractivity contribution in [1.82, 2.24) is 14.9 Å². The standard InChI is InChI=1S/C19H20F4N4O/c1-26-6-4-18(10-26)5-7-27(11-18)17-16(9-24-12-25-17)28-15-3-2-13(20)8-14(15)19(21,22)23/h2-3,8-9,12H,4-7,10-11H2,1H3. The molecule has 2 saturated heterocycles. The summed E-state index contributed by atoms with van der Waals surface area (Å²) in [7, 11) is 2.09. The van der Waals surface area contributed by atoms with Crippen LogP contribution >= 0.6 is 0 Å². The molecule has 1 aromatic carbocycles. The lowest BCUT2D eigenvalue weighted by Gasteiger charge is -2.25. The quantitative estimate of drug-likeness (QED) is 0.735. The van der Waals surface area contributed by atoms with E-state index in [9.17, 15) is 17.6 Å². The molecular formula is C19H20F4N4O. The molecule has 0 bridgehead atoms. The topological polar surface area (TPSA) is 41.5 Å². The van der Waals surface area contributed by atoms with E-state index in [0.717, 1.165) is 51.2 Å². The van der Waals surface area contributed by atoms with Crippen LogP contribution in [-0.4, -0.2) is 48.1 Å². The number of alkyl halides is 3. The lowest BCUT2D eigenvalue weighted by Crippen LogP contribution is -2.30. The first-order valence-electron chi connectivity index (χ1n) is 9.04. The Labute approximate surface area is 159 Å². The van der Waals surface area contributed by atoms with Gasteiger partial charge in [-0.1, -0.05) is 0 Å². The normalized spacial score (nSPS) is 23.0. The van der Waals surface area contributed by atoms with Crippen LogP contribution in [0.4, 0.5) is 23.4 Å². The minimum absolute atomic E-state index is 0.128. The first kappa shape index (κ1) is 18.9. The Balaban J connectivity index is 1.62. The lowest BCUT2D eigenvalue weighted by atomic mass is 9.86. The van der Waals surface area contributed by atoms with Crippen LogP contribution in [0.25, 0.3) is 0 Å². The number of rotatable bonds is 3. The van der Waals surface area contributed by atoms with Gasteiger partial charge in [0.25, 0.3) is 0 Å². The Morgan fingerprint density at radius 2 is 1.89 bits per heavy atom. The van der Waals surface area contributed by atoms with E-state index in [1.54, 1.807) is 0 Å². The van der Waals surface area contributed by atoms with Crippen molar-refractivity contribution in [3.8, 4) is 11.5 Å². The number of likely N-dealkylation sites (tertiary alicyclic amines) is 1. The van der Waals surface area contributed by atoms with Crippen LogP contribution in [0.1, 0.15) is 18.4 Å². The largest absolute Gasteiger partial charge is 0.451 e. The molecule has 0 aliphatic carbocycles. The van der Waals surface area contributed by atoms with Crippen LogP contribution in [0.2, 0.25) is 0 Å². The van der Waals surface area contributed by atoms with Crippen LogP contribution in [0.5, 0.6) is 11.5 Å². The summed E-state index contributed by atoms with van der Waals surface area (Å²) in [4.78, 5) is 12.5. The molecule has 28 heavy (non-hydrogen) atoms. The Hall–Kier alpha value is -2.42. The van der Waals surface area contributed by atoms with Crippen LogP contribution in [-0.2, 0) is 6.18 Å². The molecule has 9 heteroatoms. The van der Waals surface area contributed by atoms with Crippen LogP contribution in [0.15, 0.2) is 30.7 Å². The number of nitrogens with zero attached hydrogens (tertiary/aromatic N) is 4. The molecule has 3 heterocycles. The molecule has 150 valence electrons. The second-order valence-corrected chi connectivity index (χ2v) is 7.61. The first-order chi connectivity index (χ1) is 13.3. The van der Waals surface area contributed by atoms with Gasteiger partial charge in [-0.25, -0.2) is 14.4 Å². The van der Waals surface area contributed by atoms with E-state index in [1.165, 1.54) is 12.5 Å². The summed E-state index contributed by atoms with van der Waals surface area (Å²) in [6.45, 7) is 3.53. The highest BCUT2D eigenvalue weighted by molar-refractivity contribution is 5.54. The van der Waals surface area contributed by atoms with Crippen molar-refractivity contribution < 1.29 is 22.3 Å². The van der Waals surface area contributed by atoms with Gasteiger partial charge in [-0.3, -0.25) is 0 Å². The fourth-order valence-corrected chi connectivity index (χ4v) is 4.16. The third kappa shape index (κ3) is 3.63. The van der Waals surface area contributed by atoms with Gasteiger partial charge < -0.3 is 14.5 Å². The molecule has 0 radical (unpaired) electrons. The van der Waals surface area contributed by atoms with E-state index in [-0.39, 0.29) is 11.2 Å². The monoisotopic (exact) mass is 396 g/mol. The molecule has 4 rings (SSSR count). The van der Waals surface area contributed by atoms with Gasteiger partial charge in [0.05, 0.1) is 6.20 Å². The Kier molecular flexibility index (Phi) is 4.65. The lowest BCUT2D eigenvalue weighted by molar-refractivity contribution is -0.138. The van der Waals surface area contributed by atoms with Crippen molar-refractivity contribution in [2.45, 2.75) is 19.0 Å². The van der Waals surface area contributed by atoms with E-state index in [0.29, 0.717) is 11.9 Å². The number of benzene rings is 1. The van der Waals surface area contributed by atoms with Gasteiger partial charge in [-0.05, 0) is 44.6 Å². The van der Waals surface area contributed by atoms with E-state index in [4.69, 9.17) is 4.74 Å². The zero-order valence-electron chi connectivity index (χ0n) is 15.3. The van der Waals surface area contributed by atoms with Gasteiger partial charge in [0, 0.05) is 25.0 Å². The SMILES string of the molecule is CN1CCC2(CCN(c3ncncc3Oc3ccc(F)cc3C(F)(F)F)C2)C1. The highest BCUT2D eigenvalue weighted by Gasteiger charge is 2.43. The van der Waals surface area contributed by atoms with Crippen molar-refractivity contribution in [2.75, 3.05) is 38.1 Å². The van der Waals surface area contributed by atoms with Gasteiger partial charge >= 0.3 is 6.18 Å². The average Bonchev–Trinajstić information content (AvgIpc) is 3.22. The number of anilines is 1. The second kappa shape index (κ2) is 6.88. The van der Waals surface area contributed by atoms with Crippen LogP contribution < -0.4 is 9.64 Å². The van der Waals surface area contributed by atoms with Gasteiger partial charge in [-0.2, -0.15) is 13.2 Å². The predicted octanol–water partition coefficient (Wildman–Crippen LogP) is 3.96. The molecule has 1 aromatic heterocycles. The number of aromatic nitrogens is 2. The van der Waals surface area contributed by atoms with E-state index in [1.807, 2.05) is 4.90 Å². The molecule has 2 fully saturated rings.